The zero-order valence-electron chi connectivity index (χ0n) is 42.8. The zero-order chi connectivity index (χ0) is 56.6. The average molecular weight is 1110 g/mol. The van der Waals surface area contributed by atoms with Gasteiger partial charge in [0.05, 0.1) is 23.2 Å². The maximum Gasteiger partial charge on any atom is 0.352 e. The van der Waals surface area contributed by atoms with Crippen LogP contribution in [-0.2, 0) is 5.92 Å². The molecule has 0 unspecified atom stereocenters. The van der Waals surface area contributed by atoms with Gasteiger partial charge in [-0.05, 0) is 111 Å². The van der Waals surface area contributed by atoms with Gasteiger partial charge < -0.3 is 49.0 Å². The van der Waals surface area contributed by atoms with E-state index in [0.29, 0.717) is 58.6 Å². The van der Waals surface area contributed by atoms with Gasteiger partial charge in [-0.1, -0.05) is 76.3 Å². The molecule has 79 heavy (non-hydrogen) atoms. The minimum absolute atomic E-state index is 0.00883. The van der Waals surface area contributed by atoms with E-state index in [1.807, 2.05) is 49.6 Å². The van der Waals surface area contributed by atoms with Crippen molar-refractivity contribution >= 4 is 34.7 Å². The number of nitrogens with zero attached hydrogens (tertiary/aromatic N) is 4. The lowest BCUT2D eigenvalue weighted by molar-refractivity contribution is -0.139. The molecular formula is C56H52F5N7O10S. The summed E-state index contributed by atoms with van der Waals surface area (Å²) in [6.07, 6.45) is 1.52. The minimum atomic E-state index is -4.39. The van der Waals surface area contributed by atoms with E-state index in [2.05, 4.69) is 41.1 Å². The van der Waals surface area contributed by atoms with Crippen LogP contribution in [0.1, 0.15) is 87.3 Å². The van der Waals surface area contributed by atoms with Gasteiger partial charge in [0.2, 0.25) is 0 Å². The molecular weight excluding hydrogens is 1060 g/mol. The second-order valence-electron chi connectivity index (χ2n) is 17.7. The first kappa shape index (κ1) is 57.6. The summed E-state index contributed by atoms with van der Waals surface area (Å²) in [5.74, 6) is -3.77. The quantitative estimate of drug-likeness (QED) is 0.0503. The predicted octanol–water partition coefficient (Wildman–Crippen LogP) is 13.0. The highest BCUT2D eigenvalue weighted by Gasteiger charge is 2.46. The van der Waals surface area contributed by atoms with Crippen LogP contribution in [0.3, 0.4) is 0 Å². The molecule has 5 N–H and O–H groups in total. The number of carbonyl (C=O) groups is 3. The zero-order valence-corrected chi connectivity index (χ0v) is 43.6. The molecule has 1 fully saturated rings. The summed E-state index contributed by atoms with van der Waals surface area (Å²) < 4.78 is 88.5. The number of alkyl halides is 4. The van der Waals surface area contributed by atoms with E-state index >= 15 is 0 Å². The molecule has 17 nitrogen and oxygen atoms in total. The first-order valence-corrected chi connectivity index (χ1v) is 25.3. The number of phenols is 2. The van der Waals surface area contributed by atoms with Gasteiger partial charge >= 0.3 is 12.3 Å². The number of carbonyl (C=O) groups excluding carboxylic acids is 3. The number of benzene rings is 4. The van der Waals surface area contributed by atoms with Crippen LogP contribution in [0, 0.1) is 19.7 Å². The highest BCUT2D eigenvalue weighted by atomic mass is 32.1. The third-order valence-electron chi connectivity index (χ3n) is 11.6. The Bertz CT molecular complexity index is 3450. The summed E-state index contributed by atoms with van der Waals surface area (Å²) in [5.41, 5.74) is 3.07. The van der Waals surface area contributed by atoms with E-state index in [1.54, 1.807) is 67.8 Å². The Morgan fingerprint density at radius 1 is 0.696 bits per heavy atom. The lowest BCUT2D eigenvalue weighted by atomic mass is 10.1. The van der Waals surface area contributed by atoms with Gasteiger partial charge in [-0.2, -0.15) is 8.78 Å². The largest absolute Gasteiger partial charge is 0.507 e. The number of aromatic nitrogens is 4. The van der Waals surface area contributed by atoms with Crippen molar-refractivity contribution in [1.29, 1.82) is 0 Å². The monoisotopic (exact) mass is 1110 g/mol. The van der Waals surface area contributed by atoms with Gasteiger partial charge in [0.15, 0.2) is 45.8 Å². The van der Waals surface area contributed by atoms with E-state index in [-0.39, 0.29) is 51.8 Å². The van der Waals surface area contributed by atoms with Crippen molar-refractivity contribution in [2.24, 2.45) is 0 Å². The predicted molar refractivity (Wildman–Crippen MR) is 282 cm³/mol. The van der Waals surface area contributed by atoms with Gasteiger partial charge in [0.25, 0.3) is 17.7 Å². The number of thiophene rings is 1. The summed E-state index contributed by atoms with van der Waals surface area (Å²) in [6.45, 7) is 6.14. The molecule has 9 aromatic rings. The fourth-order valence-corrected chi connectivity index (χ4v) is 8.13. The van der Waals surface area contributed by atoms with Crippen molar-refractivity contribution in [1.82, 2.24) is 31.3 Å². The molecule has 1 aliphatic carbocycles. The molecule has 10 rings (SSSR count). The van der Waals surface area contributed by atoms with E-state index in [0.717, 1.165) is 40.8 Å². The number of anilines is 1. The first-order valence-electron chi connectivity index (χ1n) is 24.4. The molecule has 1 saturated carbocycles. The number of ether oxygens (including phenoxy) is 1. The first-order chi connectivity index (χ1) is 37.9. The third kappa shape index (κ3) is 15.5. The van der Waals surface area contributed by atoms with Crippen LogP contribution in [0.5, 0.6) is 17.2 Å². The number of hydrogen-bond donors (Lipinski definition) is 5. The molecule has 412 valence electrons. The Kier molecular flexibility index (Phi) is 19.5. The second kappa shape index (κ2) is 26.8. The van der Waals surface area contributed by atoms with E-state index in [9.17, 15) is 46.5 Å². The average Bonchev–Trinajstić information content (AvgIpc) is 4.37. The third-order valence-corrected chi connectivity index (χ3v) is 12.5. The summed E-state index contributed by atoms with van der Waals surface area (Å²) in [4.78, 5) is 36.8. The maximum atomic E-state index is 13.1. The standard InChI is InChI=1S/C18H16N2O4.C13H13FN2O2.C13H14N2O2S.C12H9F4NO2/c1-11-6-7-16(21)14(8-11)19-18(22)15-10-17(24-20-15)12-4-3-5-13(9-12)23-2;1-2-7-15-13(17)11-8-12(18-16-11)9-3-5-10(14)6-4-9;16-13(14-9-4-1-2-5-9)10-8-11(17-15-10)12-6-3-7-18-12;1-6-2-3-8(18)7(4-6)9-5-10(17-19-9)12(15,16)11(13)14/h3-10,21H,1-2H3,(H,19,22);3-6,8H,2,7H2,1H3,(H,15,17);3,6-9H,1-2,4-5H2,(H,14,16);2-5,11,18H,1H3. The molecule has 1 aliphatic rings. The molecule has 0 aliphatic heterocycles. The summed E-state index contributed by atoms with van der Waals surface area (Å²) in [7, 11) is 1.58. The fraction of sp³-hybridized carbons (Fsp3) is 0.232. The summed E-state index contributed by atoms with van der Waals surface area (Å²) >= 11 is 1.57. The smallest absolute Gasteiger partial charge is 0.352 e. The Labute approximate surface area is 452 Å². The van der Waals surface area contributed by atoms with Crippen molar-refractivity contribution in [3.8, 4) is 61.9 Å². The lowest BCUT2D eigenvalue weighted by Gasteiger charge is -2.10. The van der Waals surface area contributed by atoms with E-state index in [1.165, 1.54) is 55.3 Å². The van der Waals surface area contributed by atoms with Crippen molar-refractivity contribution in [2.45, 2.75) is 71.3 Å². The van der Waals surface area contributed by atoms with Gasteiger partial charge in [-0.25, -0.2) is 13.2 Å². The summed E-state index contributed by atoms with van der Waals surface area (Å²) in [5, 5.41) is 43.9. The molecule has 0 spiro atoms. The number of rotatable bonds is 14. The molecule has 5 aromatic heterocycles. The Balaban J connectivity index is 0.000000154. The highest BCUT2D eigenvalue weighted by molar-refractivity contribution is 7.13. The Morgan fingerprint density at radius 2 is 1.30 bits per heavy atom. The fourth-order valence-electron chi connectivity index (χ4n) is 7.46. The molecule has 5 heterocycles. The molecule has 4 aromatic carbocycles. The Morgan fingerprint density at radius 3 is 1.95 bits per heavy atom. The molecule has 3 amide bonds. The Hall–Kier alpha value is -9.12. The number of phenolic OH excluding ortho intramolecular Hbond substituents is 2. The van der Waals surface area contributed by atoms with Crippen molar-refractivity contribution < 1.29 is 69.4 Å². The van der Waals surface area contributed by atoms with Crippen LogP contribution in [-0.4, -0.2) is 74.7 Å². The summed E-state index contributed by atoms with van der Waals surface area (Å²) in [6, 6.07) is 32.1. The number of aryl methyl sites for hydroxylation is 2. The van der Waals surface area contributed by atoms with Crippen molar-refractivity contribution in [3.63, 3.8) is 0 Å². The molecule has 0 bridgehead atoms. The number of hydrogen-bond acceptors (Lipinski definition) is 15. The highest BCUT2D eigenvalue weighted by Crippen LogP contribution is 2.38. The van der Waals surface area contributed by atoms with Gasteiger partial charge in [-0.3, -0.25) is 14.4 Å². The molecule has 0 atom stereocenters. The maximum absolute atomic E-state index is 13.1. The van der Waals surface area contributed by atoms with Crippen LogP contribution in [0.2, 0.25) is 0 Å². The molecule has 0 radical (unpaired) electrons. The molecule has 0 saturated heterocycles. The van der Waals surface area contributed by atoms with Crippen LogP contribution in [0.4, 0.5) is 27.6 Å². The van der Waals surface area contributed by atoms with Crippen molar-refractivity contribution in [2.75, 3.05) is 19.0 Å². The van der Waals surface area contributed by atoms with Crippen LogP contribution in [0.15, 0.2) is 145 Å². The van der Waals surface area contributed by atoms with Crippen molar-refractivity contribution in [3.05, 3.63) is 166 Å². The number of methoxy groups -OCH3 is 1. The van der Waals surface area contributed by atoms with Crippen LogP contribution >= 0.6 is 11.3 Å². The second-order valence-corrected chi connectivity index (χ2v) is 18.6. The van der Waals surface area contributed by atoms with E-state index in [4.69, 9.17) is 18.3 Å². The molecule has 23 heteroatoms. The van der Waals surface area contributed by atoms with Gasteiger partial charge in [0.1, 0.15) is 23.1 Å². The minimum Gasteiger partial charge on any atom is -0.507 e. The topological polar surface area (TPSA) is 241 Å². The normalized spacial score (nSPS) is 12.1. The number of nitrogens with one attached hydrogen (secondary N) is 3. The lowest BCUT2D eigenvalue weighted by Crippen LogP contribution is -2.32. The number of aromatic hydroxyl groups is 2. The van der Waals surface area contributed by atoms with Gasteiger partial charge in [-0.15, -0.1) is 11.3 Å². The van der Waals surface area contributed by atoms with E-state index < -0.39 is 23.9 Å². The van der Waals surface area contributed by atoms with Crippen LogP contribution in [0.25, 0.3) is 44.6 Å². The number of halogens is 5. The van der Waals surface area contributed by atoms with Gasteiger partial charge in [0, 0.05) is 48.0 Å². The SMILES string of the molecule is CCCNC(=O)c1cc(-c2ccc(F)cc2)on1.COc1cccc(-c2cc(C(=O)Nc3cc(C)ccc3O)no2)c1.Cc1ccc(O)c(-c2cc(C(F)(F)C(F)F)no2)c1.O=C(NC1CCCC1)c1cc(-c2cccs2)on1. The van der Waals surface area contributed by atoms with Crippen LogP contribution < -0.4 is 20.7 Å². The number of amides is 3.